The van der Waals surface area contributed by atoms with Gasteiger partial charge in [-0.05, 0) is 6.07 Å². The van der Waals surface area contributed by atoms with Gasteiger partial charge in [-0.3, -0.25) is 19.3 Å². The van der Waals surface area contributed by atoms with E-state index in [1.54, 1.807) is 6.20 Å². The molecule has 0 aromatic carbocycles. The fourth-order valence-electron chi connectivity index (χ4n) is 3.39. The number of hydrogen-bond acceptors (Lipinski definition) is 8. The van der Waals surface area contributed by atoms with Crippen LogP contribution in [0.2, 0.25) is 0 Å². The van der Waals surface area contributed by atoms with Crippen molar-refractivity contribution in [1.29, 1.82) is 0 Å². The summed E-state index contributed by atoms with van der Waals surface area (Å²) in [6, 6.07) is 1.50. The zero-order chi connectivity index (χ0) is 21.5. The molecule has 1 aliphatic heterocycles. The van der Waals surface area contributed by atoms with E-state index in [4.69, 9.17) is 4.74 Å². The Labute approximate surface area is 178 Å². The first-order chi connectivity index (χ1) is 14.3. The van der Waals surface area contributed by atoms with Crippen LogP contribution in [0.5, 0.6) is 0 Å². The second-order valence-corrected chi connectivity index (χ2v) is 9.48. The highest BCUT2D eigenvalue weighted by Gasteiger charge is 2.36. The largest absolute Gasteiger partial charge is 0.379 e. The monoisotopic (exact) mass is 428 g/mol. The fraction of sp³-hybridized carbons (Fsp3) is 0.476. The normalized spacial score (nSPS) is 16.9. The number of rotatable bonds is 4. The second-order valence-electron chi connectivity index (χ2n) is 8.42. The van der Waals surface area contributed by atoms with Crippen molar-refractivity contribution in [3.8, 4) is 0 Å². The molecule has 1 N–H and O–H groups in total. The molecule has 1 saturated heterocycles. The minimum Gasteiger partial charge on any atom is -0.379 e. The number of amides is 1. The SMILES string of the molecule is CC(C)(C)c1cnc2c(n1)C(=O)c1cc(C(=O)NCCN3CCOCC3)sc1C2=O. The Morgan fingerprint density at radius 3 is 2.63 bits per heavy atom. The maximum atomic E-state index is 13.0. The number of nitrogens with zero attached hydrogens (tertiary/aromatic N) is 3. The van der Waals surface area contributed by atoms with Gasteiger partial charge in [0.25, 0.3) is 5.91 Å². The second kappa shape index (κ2) is 7.98. The molecule has 1 fully saturated rings. The minimum atomic E-state index is -0.359. The number of hydrogen-bond donors (Lipinski definition) is 1. The first kappa shape index (κ1) is 20.8. The highest BCUT2D eigenvalue weighted by atomic mass is 32.1. The molecule has 0 saturated carbocycles. The summed E-state index contributed by atoms with van der Waals surface area (Å²) in [5, 5.41) is 2.87. The predicted molar refractivity (Wildman–Crippen MR) is 112 cm³/mol. The van der Waals surface area contributed by atoms with Gasteiger partial charge in [0.1, 0.15) is 11.4 Å². The minimum absolute atomic E-state index is 0.0571. The standard InChI is InChI=1S/C21H24N4O4S/c1-21(2,3)14-11-23-15-16(24-14)17(26)12-10-13(30-19(12)18(15)27)20(28)22-4-5-25-6-8-29-9-7-25/h10-11H,4-9H2,1-3H3,(H,22,28). The first-order valence-electron chi connectivity index (χ1n) is 9.95. The van der Waals surface area contributed by atoms with Gasteiger partial charge in [-0.1, -0.05) is 20.8 Å². The lowest BCUT2D eigenvalue weighted by atomic mass is 9.91. The van der Waals surface area contributed by atoms with E-state index in [0.29, 0.717) is 30.3 Å². The molecule has 3 heterocycles. The summed E-state index contributed by atoms with van der Waals surface area (Å²) in [5.74, 6) is -1.00. The Morgan fingerprint density at radius 2 is 1.93 bits per heavy atom. The molecular weight excluding hydrogens is 404 g/mol. The van der Waals surface area contributed by atoms with E-state index < -0.39 is 0 Å². The van der Waals surface area contributed by atoms with E-state index >= 15 is 0 Å². The van der Waals surface area contributed by atoms with Crippen molar-refractivity contribution in [3.05, 3.63) is 44.7 Å². The topological polar surface area (TPSA) is 101 Å². The summed E-state index contributed by atoms with van der Waals surface area (Å²) in [4.78, 5) is 49.9. The predicted octanol–water partition coefficient (Wildman–Crippen LogP) is 1.67. The van der Waals surface area contributed by atoms with Gasteiger partial charge in [0.15, 0.2) is 0 Å². The number of ketones is 2. The van der Waals surface area contributed by atoms with Crippen LogP contribution in [0, 0.1) is 0 Å². The molecule has 0 bridgehead atoms. The third-order valence-corrected chi connectivity index (χ3v) is 6.33. The molecule has 1 aliphatic carbocycles. The van der Waals surface area contributed by atoms with Crippen molar-refractivity contribution in [1.82, 2.24) is 20.2 Å². The fourth-order valence-corrected chi connectivity index (χ4v) is 4.40. The van der Waals surface area contributed by atoms with Crippen LogP contribution in [-0.2, 0) is 10.2 Å². The molecule has 158 valence electrons. The van der Waals surface area contributed by atoms with Crippen LogP contribution >= 0.6 is 11.3 Å². The van der Waals surface area contributed by atoms with Gasteiger partial charge in [-0.15, -0.1) is 11.3 Å². The van der Waals surface area contributed by atoms with Crippen molar-refractivity contribution in [2.75, 3.05) is 39.4 Å². The molecule has 4 rings (SSSR count). The Bertz CT molecular complexity index is 1020. The van der Waals surface area contributed by atoms with Gasteiger partial charge in [0.05, 0.1) is 28.7 Å². The maximum absolute atomic E-state index is 13.0. The molecule has 0 unspecified atom stereocenters. The summed E-state index contributed by atoms with van der Waals surface area (Å²) < 4.78 is 5.31. The van der Waals surface area contributed by atoms with Crippen LogP contribution in [0.1, 0.15) is 67.6 Å². The van der Waals surface area contributed by atoms with Gasteiger partial charge >= 0.3 is 0 Å². The number of ether oxygens (including phenoxy) is 1. The molecule has 9 heteroatoms. The molecule has 0 atom stereocenters. The van der Waals surface area contributed by atoms with Crippen LogP contribution in [-0.4, -0.2) is 71.7 Å². The van der Waals surface area contributed by atoms with Crippen molar-refractivity contribution >= 4 is 28.8 Å². The van der Waals surface area contributed by atoms with Gasteiger partial charge in [0.2, 0.25) is 11.6 Å². The smallest absolute Gasteiger partial charge is 0.261 e. The van der Waals surface area contributed by atoms with E-state index in [0.717, 1.165) is 31.0 Å². The first-order valence-corrected chi connectivity index (χ1v) is 10.8. The Morgan fingerprint density at radius 1 is 1.20 bits per heavy atom. The van der Waals surface area contributed by atoms with Crippen molar-refractivity contribution < 1.29 is 19.1 Å². The molecule has 2 aromatic rings. The molecule has 1 amide bonds. The molecule has 2 aromatic heterocycles. The highest BCUT2D eigenvalue weighted by molar-refractivity contribution is 7.16. The molecule has 8 nitrogen and oxygen atoms in total. The van der Waals surface area contributed by atoms with E-state index in [-0.39, 0.29) is 44.7 Å². The zero-order valence-electron chi connectivity index (χ0n) is 17.3. The zero-order valence-corrected chi connectivity index (χ0v) is 18.1. The van der Waals surface area contributed by atoms with E-state index in [1.165, 1.54) is 6.07 Å². The summed E-state index contributed by atoms with van der Waals surface area (Å²) >= 11 is 1.03. The molecule has 30 heavy (non-hydrogen) atoms. The van der Waals surface area contributed by atoms with Crippen LogP contribution in [0.25, 0.3) is 0 Å². The molecule has 2 aliphatic rings. The third kappa shape index (κ3) is 3.92. The van der Waals surface area contributed by atoms with Gasteiger partial charge in [-0.25, -0.2) is 9.97 Å². The van der Waals surface area contributed by atoms with Crippen LogP contribution in [0.3, 0.4) is 0 Å². The number of aromatic nitrogens is 2. The number of thiophene rings is 1. The lowest BCUT2D eigenvalue weighted by Crippen LogP contribution is -2.41. The number of carbonyl (C=O) groups is 3. The van der Waals surface area contributed by atoms with Crippen LogP contribution in [0.15, 0.2) is 12.3 Å². The third-order valence-electron chi connectivity index (χ3n) is 5.20. The number of nitrogens with one attached hydrogen (secondary N) is 1. The van der Waals surface area contributed by atoms with Crippen molar-refractivity contribution in [2.45, 2.75) is 26.2 Å². The van der Waals surface area contributed by atoms with Crippen LogP contribution in [0.4, 0.5) is 0 Å². The summed E-state index contributed by atoms with van der Waals surface area (Å²) in [6.07, 6.45) is 1.54. The summed E-state index contributed by atoms with van der Waals surface area (Å²) in [7, 11) is 0. The Hall–Kier alpha value is -2.49. The van der Waals surface area contributed by atoms with Gasteiger partial charge in [-0.2, -0.15) is 0 Å². The summed E-state index contributed by atoms with van der Waals surface area (Å²) in [6.45, 7) is 10.2. The Balaban J connectivity index is 1.51. The van der Waals surface area contributed by atoms with Crippen molar-refractivity contribution in [3.63, 3.8) is 0 Å². The molecular formula is C21H24N4O4S. The molecule has 0 spiro atoms. The van der Waals surface area contributed by atoms with Gasteiger partial charge in [0, 0.05) is 43.4 Å². The Kier molecular flexibility index (Phi) is 5.52. The highest BCUT2D eigenvalue weighted by Crippen LogP contribution is 2.33. The number of fused-ring (bicyclic) bond motifs is 2. The quantitative estimate of drug-likeness (QED) is 0.674. The van der Waals surface area contributed by atoms with Crippen LogP contribution < -0.4 is 5.32 Å². The average Bonchev–Trinajstić information content (AvgIpc) is 3.18. The van der Waals surface area contributed by atoms with E-state index in [9.17, 15) is 14.4 Å². The average molecular weight is 429 g/mol. The number of morpholine rings is 1. The van der Waals surface area contributed by atoms with E-state index in [2.05, 4.69) is 20.2 Å². The van der Waals surface area contributed by atoms with Crippen molar-refractivity contribution in [2.24, 2.45) is 0 Å². The van der Waals surface area contributed by atoms with E-state index in [1.807, 2.05) is 20.8 Å². The molecule has 0 radical (unpaired) electrons. The summed E-state index contributed by atoms with van der Waals surface area (Å²) in [5.41, 5.74) is 0.697. The number of carbonyl (C=O) groups excluding carboxylic acids is 3. The lowest BCUT2D eigenvalue weighted by molar-refractivity contribution is 0.0383. The van der Waals surface area contributed by atoms with Gasteiger partial charge < -0.3 is 10.1 Å². The lowest BCUT2D eigenvalue weighted by Gasteiger charge is -2.26. The maximum Gasteiger partial charge on any atom is 0.261 e.